The highest BCUT2D eigenvalue weighted by molar-refractivity contribution is 6.42. The summed E-state index contributed by atoms with van der Waals surface area (Å²) in [7, 11) is 0. The second-order valence-electron chi connectivity index (χ2n) is 2.79. The molecule has 0 aliphatic heterocycles. The van der Waals surface area contributed by atoms with Crippen molar-refractivity contribution in [3.8, 4) is 5.75 Å². The normalized spacial score (nSPS) is 12.3. The highest BCUT2D eigenvalue weighted by Gasteiger charge is 2.10. The largest absolute Gasteiger partial charge is 0.425 e. The number of halogens is 2. The number of carbonyl (C=O) groups is 1. The van der Waals surface area contributed by atoms with Gasteiger partial charge in [-0.1, -0.05) is 23.2 Å². The highest BCUT2D eigenvalue weighted by Crippen LogP contribution is 2.26. The second kappa shape index (κ2) is 4.64. The van der Waals surface area contributed by atoms with Gasteiger partial charge in [-0.25, -0.2) is 4.79 Å². The first kappa shape index (κ1) is 11.3. The molecule has 1 aromatic carbocycles. The third kappa shape index (κ3) is 2.87. The molecule has 0 heterocycles. The summed E-state index contributed by atoms with van der Waals surface area (Å²) in [5.41, 5.74) is 5.32. The third-order valence-electron chi connectivity index (χ3n) is 1.48. The molecule has 1 unspecified atom stereocenters. The van der Waals surface area contributed by atoms with Crippen LogP contribution in [-0.4, -0.2) is 12.0 Å². The van der Waals surface area contributed by atoms with Crippen molar-refractivity contribution < 1.29 is 9.53 Å². The molecule has 0 bridgehead atoms. The minimum Gasteiger partial charge on any atom is -0.425 e. The van der Waals surface area contributed by atoms with Gasteiger partial charge >= 0.3 is 5.97 Å². The van der Waals surface area contributed by atoms with Gasteiger partial charge in [0.05, 0.1) is 10.0 Å². The molecule has 0 saturated heterocycles. The molecule has 3 nitrogen and oxygen atoms in total. The number of hydrogen-bond acceptors (Lipinski definition) is 3. The van der Waals surface area contributed by atoms with Crippen LogP contribution in [0.15, 0.2) is 18.2 Å². The van der Waals surface area contributed by atoms with Crippen LogP contribution < -0.4 is 10.5 Å². The minimum atomic E-state index is -0.663. The van der Waals surface area contributed by atoms with E-state index in [1.165, 1.54) is 6.07 Å². The van der Waals surface area contributed by atoms with Crippen molar-refractivity contribution in [2.45, 2.75) is 13.0 Å². The van der Waals surface area contributed by atoms with E-state index in [0.29, 0.717) is 15.8 Å². The fourth-order valence-electron chi connectivity index (χ4n) is 0.749. The average Bonchev–Trinajstić information content (AvgIpc) is 2.11. The van der Waals surface area contributed by atoms with Gasteiger partial charge in [0.15, 0.2) is 0 Å². The first-order valence-corrected chi connectivity index (χ1v) is 4.68. The van der Waals surface area contributed by atoms with E-state index in [2.05, 4.69) is 0 Å². The van der Waals surface area contributed by atoms with Gasteiger partial charge in [0.1, 0.15) is 11.8 Å². The van der Waals surface area contributed by atoms with E-state index in [-0.39, 0.29) is 0 Å². The number of benzene rings is 1. The van der Waals surface area contributed by atoms with Gasteiger partial charge in [0.2, 0.25) is 0 Å². The number of carbonyl (C=O) groups excluding carboxylic acids is 1. The lowest BCUT2D eigenvalue weighted by Gasteiger charge is -2.06. The standard InChI is InChI=1S/C9H9Cl2NO2/c1-5(12)9(13)14-6-2-3-7(10)8(11)4-6/h2-5H,12H2,1H3. The van der Waals surface area contributed by atoms with E-state index >= 15 is 0 Å². The van der Waals surface area contributed by atoms with Gasteiger partial charge in [0.25, 0.3) is 0 Å². The Morgan fingerprint density at radius 2 is 2.07 bits per heavy atom. The Morgan fingerprint density at radius 3 is 2.57 bits per heavy atom. The van der Waals surface area contributed by atoms with E-state index in [0.717, 1.165) is 0 Å². The molecule has 1 atom stereocenters. The smallest absolute Gasteiger partial charge is 0.328 e. The Bertz CT molecular complexity index is 353. The molecule has 0 aliphatic rings. The molecule has 1 rings (SSSR count). The molecule has 14 heavy (non-hydrogen) atoms. The highest BCUT2D eigenvalue weighted by atomic mass is 35.5. The van der Waals surface area contributed by atoms with Crippen molar-refractivity contribution in [2.75, 3.05) is 0 Å². The van der Waals surface area contributed by atoms with Crippen molar-refractivity contribution in [3.05, 3.63) is 28.2 Å². The Hall–Kier alpha value is -0.770. The Kier molecular flexibility index (Phi) is 3.75. The molecule has 0 amide bonds. The molecule has 0 saturated carbocycles. The zero-order chi connectivity index (χ0) is 10.7. The molecule has 2 N–H and O–H groups in total. The van der Waals surface area contributed by atoms with Gasteiger partial charge in [-0.3, -0.25) is 0 Å². The topological polar surface area (TPSA) is 52.3 Å². The minimum absolute atomic E-state index is 0.335. The van der Waals surface area contributed by atoms with Gasteiger partial charge in [-0.05, 0) is 19.1 Å². The number of rotatable bonds is 2. The summed E-state index contributed by atoms with van der Waals surface area (Å²) in [4.78, 5) is 11.1. The zero-order valence-electron chi connectivity index (χ0n) is 7.46. The van der Waals surface area contributed by atoms with E-state index in [9.17, 15) is 4.79 Å². The van der Waals surface area contributed by atoms with E-state index in [1.54, 1.807) is 19.1 Å². The van der Waals surface area contributed by atoms with Crippen LogP contribution in [0, 0.1) is 0 Å². The molecule has 5 heteroatoms. The first-order valence-electron chi connectivity index (χ1n) is 3.93. The summed E-state index contributed by atoms with van der Waals surface area (Å²) >= 11 is 11.4. The first-order chi connectivity index (χ1) is 6.50. The van der Waals surface area contributed by atoms with E-state index < -0.39 is 12.0 Å². The molecular weight excluding hydrogens is 225 g/mol. The van der Waals surface area contributed by atoms with Crippen LogP contribution in [-0.2, 0) is 4.79 Å². The SMILES string of the molecule is CC(N)C(=O)Oc1ccc(Cl)c(Cl)c1. The maximum atomic E-state index is 11.1. The van der Waals surface area contributed by atoms with Crippen molar-refractivity contribution in [1.82, 2.24) is 0 Å². The molecule has 1 aromatic rings. The average molecular weight is 234 g/mol. The van der Waals surface area contributed by atoms with Gasteiger partial charge in [-0.15, -0.1) is 0 Å². The zero-order valence-corrected chi connectivity index (χ0v) is 8.97. The van der Waals surface area contributed by atoms with Crippen LogP contribution in [0.2, 0.25) is 10.0 Å². The monoisotopic (exact) mass is 233 g/mol. The van der Waals surface area contributed by atoms with Crippen molar-refractivity contribution in [3.63, 3.8) is 0 Å². The predicted molar refractivity (Wildman–Crippen MR) is 55.7 cm³/mol. The van der Waals surface area contributed by atoms with E-state index in [1.807, 2.05) is 0 Å². The summed E-state index contributed by atoms with van der Waals surface area (Å²) in [6, 6.07) is 3.90. The Labute approximate surface area is 91.7 Å². The second-order valence-corrected chi connectivity index (χ2v) is 3.60. The summed E-state index contributed by atoms with van der Waals surface area (Å²) in [6.07, 6.45) is 0. The van der Waals surface area contributed by atoms with Gasteiger partial charge < -0.3 is 10.5 Å². The van der Waals surface area contributed by atoms with Crippen LogP contribution >= 0.6 is 23.2 Å². The van der Waals surface area contributed by atoms with Crippen molar-refractivity contribution in [1.29, 1.82) is 0 Å². The lowest BCUT2D eigenvalue weighted by Crippen LogP contribution is -2.30. The van der Waals surface area contributed by atoms with Crippen LogP contribution in [0.3, 0.4) is 0 Å². The van der Waals surface area contributed by atoms with Crippen LogP contribution in [0.4, 0.5) is 0 Å². The molecule has 76 valence electrons. The third-order valence-corrected chi connectivity index (χ3v) is 2.22. The van der Waals surface area contributed by atoms with Gasteiger partial charge in [0, 0.05) is 6.07 Å². The molecule has 0 aliphatic carbocycles. The molecule has 0 aromatic heterocycles. The summed E-state index contributed by atoms with van der Waals surface area (Å²) < 4.78 is 4.90. The van der Waals surface area contributed by atoms with Crippen LogP contribution in [0.1, 0.15) is 6.92 Å². The lowest BCUT2D eigenvalue weighted by atomic mass is 10.3. The Morgan fingerprint density at radius 1 is 1.43 bits per heavy atom. The number of ether oxygens (including phenoxy) is 1. The molecule has 0 fully saturated rings. The summed E-state index contributed by atoms with van der Waals surface area (Å²) in [5, 5.41) is 0.744. The summed E-state index contributed by atoms with van der Waals surface area (Å²) in [5.74, 6) is -0.176. The van der Waals surface area contributed by atoms with Crippen LogP contribution in [0.5, 0.6) is 5.75 Å². The molecule has 0 spiro atoms. The molecule has 0 radical (unpaired) electrons. The Balaban J connectivity index is 2.78. The maximum Gasteiger partial charge on any atom is 0.328 e. The summed E-state index contributed by atoms with van der Waals surface area (Å²) in [6.45, 7) is 1.54. The number of nitrogens with two attached hydrogens (primary N) is 1. The number of hydrogen-bond donors (Lipinski definition) is 1. The number of esters is 1. The molecular formula is C9H9Cl2NO2. The quantitative estimate of drug-likeness (QED) is 0.630. The fourth-order valence-corrected chi connectivity index (χ4v) is 1.04. The van der Waals surface area contributed by atoms with E-state index in [4.69, 9.17) is 33.7 Å². The maximum absolute atomic E-state index is 11.1. The van der Waals surface area contributed by atoms with Crippen molar-refractivity contribution >= 4 is 29.2 Å². The fraction of sp³-hybridized carbons (Fsp3) is 0.222. The van der Waals surface area contributed by atoms with Crippen molar-refractivity contribution in [2.24, 2.45) is 5.73 Å². The lowest BCUT2D eigenvalue weighted by molar-refractivity contribution is -0.135. The van der Waals surface area contributed by atoms with Crippen LogP contribution in [0.25, 0.3) is 0 Å². The van der Waals surface area contributed by atoms with Gasteiger partial charge in [-0.2, -0.15) is 0 Å². The predicted octanol–water partition coefficient (Wildman–Crippen LogP) is 2.25.